The maximum Gasteiger partial charge on any atom is 0.191 e. The summed E-state index contributed by atoms with van der Waals surface area (Å²) < 4.78 is 6.18. The SMILES string of the molecule is CC1(C)CCC(CCCO[Si](C)(C)C(C)(C)C)=CC1=O. The van der Waals surface area contributed by atoms with Crippen LogP contribution in [0.4, 0.5) is 0 Å². The van der Waals surface area contributed by atoms with Gasteiger partial charge in [-0.25, -0.2) is 0 Å². The highest BCUT2D eigenvalue weighted by molar-refractivity contribution is 6.74. The first-order valence-corrected chi connectivity index (χ1v) is 10.7. The van der Waals surface area contributed by atoms with Crippen molar-refractivity contribution >= 4 is 14.1 Å². The predicted octanol–water partition coefficient (Wildman–Crippen LogP) is 5.10. The first kappa shape index (κ1) is 17.6. The molecule has 2 nitrogen and oxygen atoms in total. The van der Waals surface area contributed by atoms with E-state index in [0.717, 1.165) is 32.3 Å². The smallest absolute Gasteiger partial charge is 0.191 e. The number of allylic oxidation sites excluding steroid dienone is 2. The van der Waals surface area contributed by atoms with Crippen molar-refractivity contribution in [2.75, 3.05) is 6.61 Å². The van der Waals surface area contributed by atoms with Crippen LogP contribution in [0.1, 0.15) is 60.3 Å². The highest BCUT2D eigenvalue weighted by Crippen LogP contribution is 2.37. The van der Waals surface area contributed by atoms with Gasteiger partial charge in [-0.15, -0.1) is 0 Å². The van der Waals surface area contributed by atoms with Gasteiger partial charge in [-0.1, -0.05) is 40.2 Å². The van der Waals surface area contributed by atoms with E-state index in [9.17, 15) is 4.79 Å². The summed E-state index contributed by atoms with van der Waals surface area (Å²) in [6, 6.07) is 0. The third-order valence-corrected chi connectivity index (χ3v) is 9.52. The van der Waals surface area contributed by atoms with E-state index >= 15 is 0 Å². The molecule has 0 aliphatic heterocycles. The second-order valence-electron chi connectivity index (χ2n) is 8.26. The minimum atomic E-state index is -1.61. The van der Waals surface area contributed by atoms with Gasteiger partial charge in [0.2, 0.25) is 0 Å². The van der Waals surface area contributed by atoms with Crippen LogP contribution in [0.3, 0.4) is 0 Å². The molecule has 0 saturated carbocycles. The van der Waals surface area contributed by atoms with Crippen molar-refractivity contribution < 1.29 is 9.22 Å². The molecule has 1 aliphatic rings. The predicted molar refractivity (Wildman–Crippen MR) is 88.5 cm³/mol. The van der Waals surface area contributed by atoms with Crippen LogP contribution in [-0.4, -0.2) is 20.7 Å². The molecule has 0 saturated heterocycles. The Morgan fingerprint density at radius 3 is 2.40 bits per heavy atom. The Labute approximate surface area is 126 Å². The zero-order valence-electron chi connectivity index (χ0n) is 14.4. The molecule has 0 radical (unpaired) electrons. The molecular weight excluding hydrogens is 264 g/mol. The summed E-state index contributed by atoms with van der Waals surface area (Å²) in [5, 5.41) is 0.275. The number of hydrogen-bond donors (Lipinski definition) is 0. The molecule has 0 bridgehead atoms. The fraction of sp³-hybridized carbons (Fsp3) is 0.824. The van der Waals surface area contributed by atoms with E-state index in [0.29, 0.717) is 5.78 Å². The minimum absolute atomic E-state index is 0.152. The lowest BCUT2D eigenvalue weighted by molar-refractivity contribution is -0.123. The van der Waals surface area contributed by atoms with Crippen LogP contribution < -0.4 is 0 Å². The summed E-state index contributed by atoms with van der Waals surface area (Å²) in [4.78, 5) is 11.9. The third kappa shape index (κ3) is 4.56. The van der Waals surface area contributed by atoms with Crippen LogP contribution in [0.15, 0.2) is 11.6 Å². The van der Waals surface area contributed by atoms with Gasteiger partial charge < -0.3 is 4.43 Å². The molecule has 0 heterocycles. The van der Waals surface area contributed by atoms with E-state index in [1.807, 2.05) is 19.9 Å². The van der Waals surface area contributed by atoms with Gasteiger partial charge in [0.15, 0.2) is 14.1 Å². The Kier molecular flexibility index (Phi) is 5.42. The summed E-state index contributed by atoms with van der Waals surface area (Å²) in [5.74, 6) is 0.295. The summed E-state index contributed by atoms with van der Waals surface area (Å²) in [5.41, 5.74) is 1.16. The van der Waals surface area contributed by atoms with Gasteiger partial charge in [0, 0.05) is 12.0 Å². The fourth-order valence-corrected chi connectivity index (χ4v) is 3.18. The summed E-state index contributed by atoms with van der Waals surface area (Å²) in [7, 11) is -1.61. The number of rotatable bonds is 5. The van der Waals surface area contributed by atoms with Crippen LogP contribution in [-0.2, 0) is 9.22 Å². The maximum atomic E-state index is 11.9. The molecule has 0 amide bonds. The number of carbonyl (C=O) groups is 1. The van der Waals surface area contributed by atoms with Crippen molar-refractivity contribution in [1.82, 2.24) is 0 Å². The molecule has 0 aromatic carbocycles. The standard InChI is InChI=1S/C17H32O2Si/c1-16(2,3)20(6,7)19-12-8-9-14-10-11-17(4,5)15(18)13-14/h13H,8-12H2,1-7H3. The summed E-state index contributed by atoms with van der Waals surface area (Å²) in [6.07, 6.45) is 5.98. The van der Waals surface area contributed by atoms with Gasteiger partial charge in [-0.3, -0.25) is 4.79 Å². The molecule has 0 aromatic heterocycles. The van der Waals surface area contributed by atoms with Crippen LogP contribution >= 0.6 is 0 Å². The molecule has 1 rings (SSSR count). The van der Waals surface area contributed by atoms with Crippen LogP contribution in [0.5, 0.6) is 0 Å². The monoisotopic (exact) mass is 296 g/mol. The molecule has 1 aliphatic carbocycles. The molecule has 0 unspecified atom stereocenters. The lowest BCUT2D eigenvalue weighted by atomic mass is 9.76. The number of carbonyl (C=O) groups excluding carboxylic acids is 1. The van der Waals surface area contributed by atoms with Crippen LogP contribution in [0.2, 0.25) is 18.1 Å². The van der Waals surface area contributed by atoms with Gasteiger partial charge in [-0.2, -0.15) is 0 Å². The molecule has 20 heavy (non-hydrogen) atoms. The average Bonchev–Trinajstić information content (AvgIpc) is 2.28. The molecule has 0 fully saturated rings. The molecule has 0 N–H and O–H groups in total. The topological polar surface area (TPSA) is 26.3 Å². The first-order valence-electron chi connectivity index (χ1n) is 7.83. The third-order valence-electron chi connectivity index (χ3n) is 4.98. The Morgan fingerprint density at radius 1 is 1.30 bits per heavy atom. The number of ketones is 1. The lowest BCUT2D eigenvalue weighted by Crippen LogP contribution is -2.41. The maximum absolute atomic E-state index is 11.9. The largest absolute Gasteiger partial charge is 0.417 e. The van der Waals surface area contributed by atoms with Crippen molar-refractivity contribution in [3.8, 4) is 0 Å². The molecule has 0 atom stereocenters. The summed E-state index contributed by atoms with van der Waals surface area (Å²) >= 11 is 0. The van der Waals surface area contributed by atoms with Crippen LogP contribution in [0.25, 0.3) is 0 Å². The zero-order chi connectivity index (χ0) is 15.6. The first-order chi connectivity index (χ1) is 8.96. The highest BCUT2D eigenvalue weighted by Gasteiger charge is 2.36. The second kappa shape index (κ2) is 6.14. The van der Waals surface area contributed by atoms with Gasteiger partial charge in [0.25, 0.3) is 0 Å². The molecular formula is C17H32O2Si. The molecule has 116 valence electrons. The van der Waals surface area contributed by atoms with Crippen molar-refractivity contribution in [2.45, 2.75) is 78.4 Å². The molecule has 0 aromatic rings. The Hall–Kier alpha value is -0.413. The Bertz CT molecular complexity index is 386. The van der Waals surface area contributed by atoms with Crippen molar-refractivity contribution in [3.05, 3.63) is 11.6 Å². The Balaban J connectivity index is 2.38. The van der Waals surface area contributed by atoms with Gasteiger partial charge in [-0.05, 0) is 49.9 Å². The van der Waals surface area contributed by atoms with Crippen LogP contribution in [0, 0.1) is 5.41 Å². The molecule has 3 heteroatoms. The van der Waals surface area contributed by atoms with Crippen molar-refractivity contribution in [2.24, 2.45) is 5.41 Å². The fourth-order valence-electron chi connectivity index (χ4n) is 2.09. The van der Waals surface area contributed by atoms with E-state index in [1.54, 1.807) is 0 Å². The average molecular weight is 297 g/mol. The number of hydrogen-bond acceptors (Lipinski definition) is 2. The zero-order valence-corrected chi connectivity index (χ0v) is 15.4. The second-order valence-corrected chi connectivity index (χ2v) is 13.1. The normalized spacial score (nSPS) is 19.9. The van der Waals surface area contributed by atoms with Gasteiger partial charge >= 0.3 is 0 Å². The van der Waals surface area contributed by atoms with E-state index in [1.165, 1.54) is 5.57 Å². The van der Waals surface area contributed by atoms with E-state index in [4.69, 9.17) is 4.43 Å². The van der Waals surface area contributed by atoms with Crippen molar-refractivity contribution in [3.63, 3.8) is 0 Å². The lowest BCUT2D eigenvalue weighted by Gasteiger charge is -2.36. The summed E-state index contributed by atoms with van der Waals surface area (Å²) in [6.45, 7) is 16.3. The highest BCUT2D eigenvalue weighted by atomic mass is 28.4. The molecule has 0 spiro atoms. The van der Waals surface area contributed by atoms with E-state index < -0.39 is 8.32 Å². The van der Waals surface area contributed by atoms with Gasteiger partial charge in [0.05, 0.1) is 0 Å². The van der Waals surface area contributed by atoms with E-state index in [-0.39, 0.29) is 10.5 Å². The van der Waals surface area contributed by atoms with Gasteiger partial charge in [0.1, 0.15) is 0 Å². The quantitative estimate of drug-likeness (QED) is 0.521. The Morgan fingerprint density at radius 2 is 1.90 bits per heavy atom. The minimum Gasteiger partial charge on any atom is -0.417 e. The van der Waals surface area contributed by atoms with E-state index in [2.05, 4.69) is 33.9 Å². The van der Waals surface area contributed by atoms with Crippen molar-refractivity contribution in [1.29, 1.82) is 0 Å².